The molecule has 0 bridgehead atoms. The van der Waals surface area contributed by atoms with Crippen LogP contribution in [-0.2, 0) is 6.42 Å². The average Bonchev–Trinajstić information content (AvgIpc) is 2.35. The van der Waals surface area contributed by atoms with Crippen LogP contribution in [0.4, 0.5) is 10.1 Å². The summed E-state index contributed by atoms with van der Waals surface area (Å²) in [6.45, 7) is 0. The van der Waals surface area contributed by atoms with Gasteiger partial charge in [-0.25, -0.2) is 4.39 Å². The lowest BCUT2D eigenvalue weighted by atomic mass is 10.0. The van der Waals surface area contributed by atoms with Crippen LogP contribution in [-0.4, -0.2) is 5.78 Å². The molecule has 2 rings (SSSR count). The van der Waals surface area contributed by atoms with Crippen LogP contribution in [0.1, 0.15) is 15.9 Å². The predicted molar refractivity (Wildman–Crippen MR) is 73.0 cm³/mol. The number of hydrogen-bond donors (Lipinski definition) is 1. The van der Waals surface area contributed by atoms with E-state index in [0.29, 0.717) is 21.3 Å². The molecule has 0 heterocycles. The summed E-state index contributed by atoms with van der Waals surface area (Å²) in [5.41, 5.74) is 7.01. The van der Waals surface area contributed by atoms with E-state index in [1.165, 1.54) is 6.07 Å². The first-order valence-corrected chi connectivity index (χ1v) is 6.19. The van der Waals surface area contributed by atoms with Gasteiger partial charge in [0.15, 0.2) is 5.78 Å². The van der Waals surface area contributed by atoms with Gasteiger partial charge in [0.05, 0.1) is 0 Å². The minimum absolute atomic E-state index is 0.0225. The van der Waals surface area contributed by atoms with E-state index in [1.807, 2.05) is 0 Å². The molecule has 0 spiro atoms. The lowest BCUT2D eigenvalue weighted by molar-refractivity contribution is 0.0991. The minimum Gasteiger partial charge on any atom is -0.399 e. The molecule has 0 saturated carbocycles. The van der Waals surface area contributed by atoms with Gasteiger partial charge in [0.1, 0.15) is 5.82 Å². The van der Waals surface area contributed by atoms with Crippen molar-refractivity contribution in [3.05, 3.63) is 63.9 Å². The van der Waals surface area contributed by atoms with Gasteiger partial charge in [-0.1, -0.05) is 34.1 Å². The van der Waals surface area contributed by atoms with Crippen LogP contribution in [0.25, 0.3) is 0 Å². The van der Waals surface area contributed by atoms with Gasteiger partial charge in [0.2, 0.25) is 0 Å². The van der Waals surface area contributed by atoms with Gasteiger partial charge < -0.3 is 5.73 Å². The summed E-state index contributed by atoms with van der Waals surface area (Å²) in [5.74, 6) is -0.537. The van der Waals surface area contributed by atoms with E-state index in [0.717, 1.165) is 0 Å². The number of nitrogens with two attached hydrogens (primary N) is 1. The number of nitrogen functional groups attached to an aromatic ring is 1. The Morgan fingerprint density at radius 2 is 1.94 bits per heavy atom. The van der Waals surface area contributed by atoms with Gasteiger partial charge in [-0.2, -0.15) is 0 Å². The monoisotopic (exact) mass is 307 g/mol. The molecule has 0 aliphatic carbocycles. The maximum atomic E-state index is 13.5. The molecule has 0 amide bonds. The Labute approximate surface area is 113 Å². The number of benzene rings is 2. The number of anilines is 1. The zero-order chi connectivity index (χ0) is 13.1. The van der Waals surface area contributed by atoms with Crippen molar-refractivity contribution in [3.8, 4) is 0 Å². The second kappa shape index (κ2) is 5.31. The zero-order valence-corrected chi connectivity index (χ0v) is 11.1. The predicted octanol–water partition coefficient (Wildman–Crippen LogP) is 3.60. The largest absolute Gasteiger partial charge is 0.399 e. The summed E-state index contributed by atoms with van der Waals surface area (Å²) in [6, 6.07) is 11.3. The molecule has 2 aromatic rings. The first-order valence-electron chi connectivity index (χ1n) is 5.39. The fourth-order valence-electron chi connectivity index (χ4n) is 1.67. The molecule has 0 aliphatic heterocycles. The number of hydrogen-bond acceptors (Lipinski definition) is 2. The van der Waals surface area contributed by atoms with Crippen molar-refractivity contribution in [2.75, 3.05) is 5.73 Å². The van der Waals surface area contributed by atoms with E-state index < -0.39 is 0 Å². The van der Waals surface area contributed by atoms with Crippen LogP contribution < -0.4 is 5.73 Å². The molecule has 2 nitrogen and oxygen atoms in total. The number of ketones is 1. The fourth-order valence-corrected chi connectivity index (χ4v) is 2.13. The Bertz CT molecular complexity index is 598. The Kier molecular flexibility index (Phi) is 3.77. The number of rotatable bonds is 3. The van der Waals surface area contributed by atoms with Crippen LogP contribution in [0.5, 0.6) is 0 Å². The summed E-state index contributed by atoms with van der Waals surface area (Å²) < 4.78 is 14.1. The van der Waals surface area contributed by atoms with E-state index in [9.17, 15) is 9.18 Å². The highest BCUT2D eigenvalue weighted by atomic mass is 79.9. The summed E-state index contributed by atoms with van der Waals surface area (Å²) in [5, 5.41) is 0. The first kappa shape index (κ1) is 12.8. The van der Waals surface area contributed by atoms with E-state index >= 15 is 0 Å². The van der Waals surface area contributed by atoms with Crippen LogP contribution in [0.3, 0.4) is 0 Å². The van der Waals surface area contributed by atoms with Crippen molar-refractivity contribution in [3.63, 3.8) is 0 Å². The van der Waals surface area contributed by atoms with Gasteiger partial charge >= 0.3 is 0 Å². The standard InChI is InChI=1S/C14H11BrFNO/c15-12-6-5-10(17)8-11(12)14(18)7-9-3-1-2-4-13(9)16/h1-6,8H,7,17H2. The van der Waals surface area contributed by atoms with Crippen molar-refractivity contribution < 1.29 is 9.18 Å². The minimum atomic E-state index is -0.370. The topological polar surface area (TPSA) is 43.1 Å². The second-order valence-electron chi connectivity index (χ2n) is 3.93. The van der Waals surface area contributed by atoms with Crippen molar-refractivity contribution in [2.24, 2.45) is 0 Å². The average molecular weight is 308 g/mol. The van der Waals surface area contributed by atoms with E-state index in [4.69, 9.17) is 5.73 Å². The Morgan fingerprint density at radius 3 is 2.67 bits per heavy atom. The van der Waals surface area contributed by atoms with Gasteiger partial charge in [0, 0.05) is 22.1 Å². The lowest BCUT2D eigenvalue weighted by Crippen LogP contribution is -2.06. The molecule has 0 unspecified atom stereocenters. The molecule has 4 heteroatoms. The smallest absolute Gasteiger partial charge is 0.168 e. The molecular formula is C14H11BrFNO. The molecule has 2 aromatic carbocycles. The number of halogens is 2. The number of carbonyl (C=O) groups excluding carboxylic acids is 1. The van der Waals surface area contributed by atoms with Gasteiger partial charge in [-0.15, -0.1) is 0 Å². The first-order chi connectivity index (χ1) is 8.58. The van der Waals surface area contributed by atoms with Crippen molar-refractivity contribution in [1.82, 2.24) is 0 Å². The number of Topliss-reactive ketones (excluding diaryl/α,β-unsaturated/α-hetero) is 1. The zero-order valence-electron chi connectivity index (χ0n) is 9.49. The van der Waals surface area contributed by atoms with Crippen molar-refractivity contribution >= 4 is 27.4 Å². The summed E-state index contributed by atoms with van der Waals surface area (Å²) in [6.07, 6.45) is 0.0225. The highest BCUT2D eigenvalue weighted by Gasteiger charge is 2.13. The van der Waals surface area contributed by atoms with Crippen LogP contribution >= 0.6 is 15.9 Å². The van der Waals surface area contributed by atoms with Gasteiger partial charge in [-0.3, -0.25) is 4.79 Å². The fraction of sp³-hybridized carbons (Fsp3) is 0.0714. The Balaban J connectivity index is 2.28. The normalized spacial score (nSPS) is 10.3. The van der Waals surface area contributed by atoms with Crippen LogP contribution in [0.2, 0.25) is 0 Å². The third-order valence-corrected chi connectivity index (χ3v) is 3.29. The SMILES string of the molecule is Nc1ccc(Br)c(C(=O)Cc2ccccc2F)c1. The highest BCUT2D eigenvalue weighted by Crippen LogP contribution is 2.21. The number of carbonyl (C=O) groups is 1. The molecular weight excluding hydrogens is 297 g/mol. The molecule has 0 aromatic heterocycles. The molecule has 0 aliphatic rings. The van der Waals surface area contributed by atoms with Crippen LogP contribution in [0.15, 0.2) is 46.9 Å². The van der Waals surface area contributed by atoms with E-state index in [2.05, 4.69) is 15.9 Å². The quantitative estimate of drug-likeness (QED) is 0.695. The second-order valence-corrected chi connectivity index (χ2v) is 4.78. The van der Waals surface area contributed by atoms with Gasteiger partial charge in [0.25, 0.3) is 0 Å². The Morgan fingerprint density at radius 1 is 1.22 bits per heavy atom. The molecule has 0 fully saturated rings. The lowest BCUT2D eigenvalue weighted by Gasteiger charge is -2.06. The maximum absolute atomic E-state index is 13.5. The molecule has 2 N–H and O–H groups in total. The highest BCUT2D eigenvalue weighted by molar-refractivity contribution is 9.10. The third kappa shape index (κ3) is 2.76. The third-order valence-electron chi connectivity index (χ3n) is 2.60. The van der Waals surface area contributed by atoms with E-state index in [1.54, 1.807) is 36.4 Å². The molecule has 0 radical (unpaired) electrons. The molecule has 0 saturated heterocycles. The van der Waals surface area contributed by atoms with Gasteiger partial charge in [-0.05, 0) is 29.8 Å². The maximum Gasteiger partial charge on any atom is 0.168 e. The summed E-state index contributed by atoms with van der Waals surface area (Å²) >= 11 is 3.29. The van der Waals surface area contributed by atoms with E-state index in [-0.39, 0.29) is 18.0 Å². The molecule has 92 valence electrons. The molecule has 18 heavy (non-hydrogen) atoms. The van der Waals surface area contributed by atoms with Crippen molar-refractivity contribution in [2.45, 2.75) is 6.42 Å². The Hall–Kier alpha value is -1.68. The van der Waals surface area contributed by atoms with Crippen LogP contribution in [0, 0.1) is 5.82 Å². The van der Waals surface area contributed by atoms with Crippen molar-refractivity contribution in [1.29, 1.82) is 0 Å². The summed E-state index contributed by atoms with van der Waals surface area (Å²) in [4.78, 5) is 12.1. The molecule has 0 atom stereocenters. The summed E-state index contributed by atoms with van der Waals surface area (Å²) in [7, 11) is 0.